The van der Waals surface area contributed by atoms with Crippen molar-refractivity contribution in [1.82, 2.24) is 10.1 Å². The van der Waals surface area contributed by atoms with Crippen LogP contribution in [0.4, 0.5) is 0 Å². The van der Waals surface area contributed by atoms with Gasteiger partial charge < -0.3 is 10.3 Å². The van der Waals surface area contributed by atoms with Crippen LogP contribution < -0.4 is 5.73 Å². The Bertz CT molecular complexity index is 710. The highest BCUT2D eigenvalue weighted by atomic mass is 35.5. The SMILES string of the molecule is N[C@H](Cc1ccccc1)c1nc(-c2ccc(Cl)cc2)no1. The van der Waals surface area contributed by atoms with Crippen LogP contribution in [0.5, 0.6) is 0 Å². The maximum atomic E-state index is 6.13. The Balaban J connectivity index is 1.76. The average molecular weight is 300 g/mol. The molecule has 0 amide bonds. The molecule has 0 spiro atoms. The topological polar surface area (TPSA) is 64.9 Å². The Morgan fingerprint density at radius 2 is 1.76 bits per heavy atom. The van der Waals surface area contributed by atoms with Gasteiger partial charge in [0.15, 0.2) is 0 Å². The lowest BCUT2D eigenvalue weighted by Gasteiger charge is -2.05. The molecular weight excluding hydrogens is 286 g/mol. The Labute approximate surface area is 127 Å². The zero-order valence-corrected chi connectivity index (χ0v) is 12.0. The Morgan fingerprint density at radius 1 is 1.05 bits per heavy atom. The third-order valence-electron chi connectivity index (χ3n) is 3.16. The fraction of sp³-hybridized carbons (Fsp3) is 0.125. The minimum absolute atomic E-state index is 0.319. The normalized spacial score (nSPS) is 12.3. The average Bonchev–Trinajstić information content (AvgIpc) is 2.99. The molecule has 1 heterocycles. The third kappa shape index (κ3) is 3.29. The highest BCUT2D eigenvalue weighted by molar-refractivity contribution is 6.30. The van der Waals surface area contributed by atoms with E-state index in [4.69, 9.17) is 21.9 Å². The van der Waals surface area contributed by atoms with E-state index in [0.29, 0.717) is 23.2 Å². The summed E-state index contributed by atoms with van der Waals surface area (Å²) in [6, 6.07) is 16.9. The van der Waals surface area contributed by atoms with Gasteiger partial charge in [-0.1, -0.05) is 47.1 Å². The molecule has 1 aromatic heterocycles. The number of hydrogen-bond acceptors (Lipinski definition) is 4. The number of benzene rings is 2. The van der Waals surface area contributed by atoms with Crippen molar-refractivity contribution < 1.29 is 4.52 Å². The maximum absolute atomic E-state index is 6.13. The molecule has 2 aromatic carbocycles. The molecule has 0 aliphatic heterocycles. The molecule has 0 aliphatic rings. The highest BCUT2D eigenvalue weighted by Crippen LogP contribution is 2.21. The second-order valence-electron chi connectivity index (χ2n) is 4.76. The molecule has 0 fully saturated rings. The largest absolute Gasteiger partial charge is 0.337 e. The van der Waals surface area contributed by atoms with Crippen molar-refractivity contribution in [2.75, 3.05) is 0 Å². The van der Waals surface area contributed by atoms with Crippen LogP contribution in [0.1, 0.15) is 17.5 Å². The van der Waals surface area contributed by atoms with Crippen molar-refractivity contribution in [1.29, 1.82) is 0 Å². The van der Waals surface area contributed by atoms with Gasteiger partial charge in [-0.15, -0.1) is 0 Å². The molecule has 5 heteroatoms. The summed E-state index contributed by atoms with van der Waals surface area (Å²) in [6.07, 6.45) is 0.656. The standard InChI is InChI=1S/C16H14ClN3O/c17-13-8-6-12(7-9-13)15-19-16(21-20-15)14(18)10-11-4-2-1-3-5-11/h1-9,14H,10,18H2/t14-/m1/s1. The molecule has 4 nitrogen and oxygen atoms in total. The van der Waals surface area contributed by atoms with Gasteiger partial charge in [-0.2, -0.15) is 4.98 Å². The van der Waals surface area contributed by atoms with Gasteiger partial charge in [-0.3, -0.25) is 0 Å². The third-order valence-corrected chi connectivity index (χ3v) is 3.41. The molecule has 1 atom stereocenters. The quantitative estimate of drug-likeness (QED) is 0.799. The van der Waals surface area contributed by atoms with E-state index >= 15 is 0 Å². The van der Waals surface area contributed by atoms with Crippen LogP contribution in [0.3, 0.4) is 0 Å². The molecule has 3 aromatic rings. The van der Waals surface area contributed by atoms with Gasteiger partial charge in [-0.05, 0) is 36.2 Å². The van der Waals surface area contributed by atoms with Gasteiger partial charge in [0.2, 0.25) is 11.7 Å². The molecule has 106 valence electrons. The van der Waals surface area contributed by atoms with Crippen molar-refractivity contribution >= 4 is 11.6 Å². The van der Waals surface area contributed by atoms with Crippen molar-refractivity contribution in [2.24, 2.45) is 5.73 Å². The van der Waals surface area contributed by atoms with Crippen LogP contribution in [0, 0.1) is 0 Å². The first-order valence-electron chi connectivity index (χ1n) is 6.61. The first kappa shape index (κ1) is 13.8. The van der Waals surface area contributed by atoms with E-state index in [1.165, 1.54) is 0 Å². The lowest BCUT2D eigenvalue weighted by atomic mass is 10.1. The maximum Gasteiger partial charge on any atom is 0.244 e. The summed E-state index contributed by atoms with van der Waals surface area (Å²) in [4.78, 5) is 4.36. The monoisotopic (exact) mass is 299 g/mol. The Morgan fingerprint density at radius 3 is 2.48 bits per heavy atom. The fourth-order valence-corrected chi connectivity index (χ4v) is 2.18. The predicted octanol–water partition coefficient (Wildman–Crippen LogP) is 3.63. The van der Waals surface area contributed by atoms with Gasteiger partial charge in [-0.25, -0.2) is 0 Å². The van der Waals surface area contributed by atoms with Crippen LogP contribution >= 0.6 is 11.6 Å². The second-order valence-corrected chi connectivity index (χ2v) is 5.20. The van der Waals surface area contributed by atoms with E-state index in [0.717, 1.165) is 11.1 Å². The first-order chi connectivity index (χ1) is 10.2. The van der Waals surface area contributed by atoms with Crippen LogP contribution in [0.15, 0.2) is 59.1 Å². The number of aromatic nitrogens is 2. The minimum Gasteiger partial charge on any atom is -0.337 e. The van der Waals surface area contributed by atoms with E-state index in [1.54, 1.807) is 12.1 Å². The number of hydrogen-bond donors (Lipinski definition) is 1. The van der Waals surface area contributed by atoms with E-state index in [1.807, 2.05) is 42.5 Å². The van der Waals surface area contributed by atoms with Crippen molar-refractivity contribution in [3.63, 3.8) is 0 Å². The summed E-state index contributed by atoms with van der Waals surface area (Å²) >= 11 is 5.86. The molecule has 3 rings (SSSR count). The summed E-state index contributed by atoms with van der Waals surface area (Å²) in [5.74, 6) is 0.953. The van der Waals surface area contributed by atoms with E-state index in [2.05, 4.69) is 10.1 Å². The summed E-state index contributed by atoms with van der Waals surface area (Å²) in [5.41, 5.74) is 8.11. The first-order valence-corrected chi connectivity index (χ1v) is 6.99. The minimum atomic E-state index is -0.319. The number of nitrogens with two attached hydrogens (primary N) is 1. The van der Waals surface area contributed by atoms with Gasteiger partial charge >= 0.3 is 0 Å². The molecule has 0 saturated carbocycles. The summed E-state index contributed by atoms with van der Waals surface area (Å²) < 4.78 is 5.26. The van der Waals surface area contributed by atoms with Crippen LogP contribution in [-0.2, 0) is 6.42 Å². The van der Waals surface area contributed by atoms with Gasteiger partial charge in [0.05, 0.1) is 6.04 Å². The van der Waals surface area contributed by atoms with Crippen LogP contribution in [0.25, 0.3) is 11.4 Å². The lowest BCUT2D eigenvalue weighted by Crippen LogP contribution is -2.13. The van der Waals surface area contributed by atoms with E-state index in [9.17, 15) is 0 Å². The van der Waals surface area contributed by atoms with Crippen LogP contribution in [0.2, 0.25) is 5.02 Å². The highest BCUT2D eigenvalue weighted by Gasteiger charge is 2.16. The second kappa shape index (κ2) is 6.08. The number of rotatable bonds is 4. The lowest BCUT2D eigenvalue weighted by molar-refractivity contribution is 0.354. The molecule has 21 heavy (non-hydrogen) atoms. The molecule has 0 radical (unpaired) electrons. The van der Waals surface area contributed by atoms with Gasteiger partial charge in [0.25, 0.3) is 0 Å². The molecule has 0 aliphatic carbocycles. The predicted molar refractivity (Wildman–Crippen MR) is 81.8 cm³/mol. The number of nitrogens with zero attached hydrogens (tertiary/aromatic N) is 2. The molecule has 0 saturated heterocycles. The summed E-state index contributed by atoms with van der Waals surface area (Å²) in [5, 5.41) is 4.64. The van der Waals surface area contributed by atoms with E-state index < -0.39 is 0 Å². The van der Waals surface area contributed by atoms with Gasteiger partial charge in [0.1, 0.15) is 0 Å². The van der Waals surface area contributed by atoms with Crippen molar-refractivity contribution in [3.8, 4) is 11.4 Å². The number of halogens is 1. The van der Waals surface area contributed by atoms with Gasteiger partial charge in [0, 0.05) is 10.6 Å². The Hall–Kier alpha value is -2.17. The Kier molecular flexibility index (Phi) is 3.99. The summed E-state index contributed by atoms with van der Waals surface area (Å²) in [7, 11) is 0. The molecular formula is C16H14ClN3O. The van der Waals surface area contributed by atoms with Crippen molar-refractivity contribution in [2.45, 2.75) is 12.5 Å². The summed E-state index contributed by atoms with van der Waals surface area (Å²) in [6.45, 7) is 0. The molecule has 0 unspecified atom stereocenters. The van der Waals surface area contributed by atoms with Crippen LogP contribution in [-0.4, -0.2) is 10.1 Å². The van der Waals surface area contributed by atoms with E-state index in [-0.39, 0.29) is 6.04 Å². The smallest absolute Gasteiger partial charge is 0.244 e. The zero-order valence-electron chi connectivity index (χ0n) is 11.2. The zero-order chi connectivity index (χ0) is 14.7. The molecule has 2 N–H and O–H groups in total. The fourth-order valence-electron chi connectivity index (χ4n) is 2.06. The molecule has 0 bridgehead atoms. The van der Waals surface area contributed by atoms with Crippen molar-refractivity contribution in [3.05, 3.63) is 71.1 Å².